The summed E-state index contributed by atoms with van der Waals surface area (Å²) in [4.78, 5) is 2.93. The van der Waals surface area contributed by atoms with Crippen molar-refractivity contribution in [2.45, 2.75) is 65.8 Å². The van der Waals surface area contributed by atoms with Crippen LogP contribution in [-0.2, 0) is 0 Å². The van der Waals surface area contributed by atoms with Gasteiger partial charge in [0.05, 0.1) is 0 Å². The van der Waals surface area contributed by atoms with Crippen molar-refractivity contribution in [2.24, 2.45) is 0 Å². The number of aryl methyl sites for hydroxylation is 2. The molecule has 0 spiro atoms. The van der Waals surface area contributed by atoms with E-state index >= 15 is 0 Å². The van der Waals surface area contributed by atoms with Crippen LogP contribution in [0.15, 0.2) is 6.07 Å². The van der Waals surface area contributed by atoms with Gasteiger partial charge in [0, 0.05) is 15.8 Å². The van der Waals surface area contributed by atoms with Crippen molar-refractivity contribution in [3.63, 3.8) is 0 Å². The number of hydrogen-bond donors (Lipinski definition) is 1. The van der Waals surface area contributed by atoms with Gasteiger partial charge in [-0.2, -0.15) is 0 Å². The summed E-state index contributed by atoms with van der Waals surface area (Å²) in [5, 5.41) is 3.64. The first-order valence-electron chi connectivity index (χ1n) is 6.99. The molecule has 0 bridgehead atoms. The van der Waals surface area contributed by atoms with Gasteiger partial charge in [0.2, 0.25) is 0 Å². The molecular formula is C15H27NS. The normalized spacial score (nSPS) is 12.9. The fraction of sp³-hybridized carbons (Fsp3) is 0.733. The minimum atomic E-state index is 0.571. The predicted octanol–water partition coefficient (Wildman–Crippen LogP) is 4.99. The number of rotatable bonds is 8. The van der Waals surface area contributed by atoms with E-state index in [2.05, 4.69) is 39.1 Å². The predicted molar refractivity (Wildman–Crippen MR) is 79.0 cm³/mol. The summed E-state index contributed by atoms with van der Waals surface area (Å²) in [6.07, 6.45) is 6.70. The first-order chi connectivity index (χ1) is 8.19. The lowest BCUT2D eigenvalue weighted by atomic mass is 10.0. The summed E-state index contributed by atoms with van der Waals surface area (Å²) in [6, 6.07) is 2.94. The second kappa shape index (κ2) is 7.88. The molecule has 0 saturated carbocycles. The standard InChI is InChI=1S/C15H27NS/c1-5-7-8-9-10-15(16-6-2)14-11-12(3)17-13(14)4/h11,15-16H,5-10H2,1-4H3. The van der Waals surface area contributed by atoms with Gasteiger partial charge >= 0.3 is 0 Å². The van der Waals surface area contributed by atoms with Crippen LogP contribution in [0.3, 0.4) is 0 Å². The van der Waals surface area contributed by atoms with Gasteiger partial charge in [-0.25, -0.2) is 0 Å². The lowest BCUT2D eigenvalue weighted by Crippen LogP contribution is -2.21. The van der Waals surface area contributed by atoms with E-state index in [4.69, 9.17) is 0 Å². The third-order valence-corrected chi connectivity index (χ3v) is 4.23. The Balaban J connectivity index is 2.55. The Hall–Kier alpha value is -0.340. The van der Waals surface area contributed by atoms with Crippen LogP contribution in [0.1, 0.15) is 67.3 Å². The molecule has 1 aromatic rings. The smallest absolute Gasteiger partial charge is 0.0331 e. The molecule has 0 aliphatic rings. The van der Waals surface area contributed by atoms with E-state index in [1.165, 1.54) is 47.4 Å². The molecule has 2 heteroatoms. The van der Waals surface area contributed by atoms with Crippen LogP contribution in [0.25, 0.3) is 0 Å². The SMILES string of the molecule is CCCCCCC(NCC)c1cc(C)sc1C. The van der Waals surface area contributed by atoms with Crippen molar-refractivity contribution in [1.29, 1.82) is 0 Å². The molecule has 0 aliphatic carbocycles. The van der Waals surface area contributed by atoms with Gasteiger partial charge in [0.25, 0.3) is 0 Å². The summed E-state index contributed by atoms with van der Waals surface area (Å²) in [6.45, 7) is 10.00. The van der Waals surface area contributed by atoms with E-state index in [1.54, 1.807) is 0 Å². The second-order valence-corrected chi connectivity index (χ2v) is 6.29. The van der Waals surface area contributed by atoms with Crippen LogP contribution in [0.4, 0.5) is 0 Å². The molecule has 1 heterocycles. The first-order valence-corrected chi connectivity index (χ1v) is 7.81. The molecule has 0 amide bonds. The summed E-state index contributed by atoms with van der Waals surface area (Å²) >= 11 is 1.93. The topological polar surface area (TPSA) is 12.0 Å². The molecule has 0 radical (unpaired) electrons. The molecular weight excluding hydrogens is 226 g/mol. The third-order valence-electron chi connectivity index (χ3n) is 3.25. The quantitative estimate of drug-likeness (QED) is 0.644. The third kappa shape index (κ3) is 4.81. The number of unbranched alkanes of at least 4 members (excludes halogenated alkanes) is 3. The Morgan fingerprint density at radius 3 is 2.47 bits per heavy atom. The molecule has 17 heavy (non-hydrogen) atoms. The van der Waals surface area contributed by atoms with Gasteiger partial charge in [0.15, 0.2) is 0 Å². The van der Waals surface area contributed by atoms with Crippen molar-refractivity contribution in [2.75, 3.05) is 6.54 Å². The zero-order valence-electron chi connectivity index (χ0n) is 11.8. The highest BCUT2D eigenvalue weighted by Gasteiger charge is 2.14. The molecule has 0 aromatic carbocycles. The molecule has 1 N–H and O–H groups in total. The molecule has 0 aliphatic heterocycles. The zero-order valence-corrected chi connectivity index (χ0v) is 12.6. The Kier molecular flexibility index (Phi) is 6.83. The van der Waals surface area contributed by atoms with Gasteiger partial charge < -0.3 is 5.32 Å². The van der Waals surface area contributed by atoms with E-state index in [1.807, 2.05) is 11.3 Å². The average Bonchev–Trinajstić information content (AvgIpc) is 2.62. The minimum absolute atomic E-state index is 0.571. The molecule has 1 nitrogen and oxygen atoms in total. The highest BCUT2D eigenvalue weighted by Crippen LogP contribution is 2.29. The molecule has 0 fully saturated rings. The number of nitrogens with one attached hydrogen (secondary N) is 1. The number of thiophene rings is 1. The largest absolute Gasteiger partial charge is 0.310 e. The van der Waals surface area contributed by atoms with E-state index < -0.39 is 0 Å². The monoisotopic (exact) mass is 253 g/mol. The second-order valence-electron chi connectivity index (χ2n) is 4.83. The Labute approximate surface area is 111 Å². The van der Waals surface area contributed by atoms with Crippen LogP contribution in [0.5, 0.6) is 0 Å². The lowest BCUT2D eigenvalue weighted by molar-refractivity contribution is 0.481. The summed E-state index contributed by atoms with van der Waals surface area (Å²) < 4.78 is 0. The van der Waals surface area contributed by atoms with E-state index in [0.29, 0.717) is 6.04 Å². The molecule has 1 rings (SSSR count). The van der Waals surface area contributed by atoms with Gasteiger partial charge in [-0.05, 0) is 38.4 Å². The molecule has 1 aromatic heterocycles. The van der Waals surface area contributed by atoms with Crippen molar-refractivity contribution >= 4 is 11.3 Å². The van der Waals surface area contributed by atoms with Crippen molar-refractivity contribution in [3.05, 3.63) is 21.4 Å². The highest BCUT2D eigenvalue weighted by molar-refractivity contribution is 7.12. The molecule has 1 atom stereocenters. The maximum atomic E-state index is 3.64. The van der Waals surface area contributed by atoms with Gasteiger partial charge in [-0.15, -0.1) is 11.3 Å². The van der Waals surface area contributed by atoms with E-state index in [-0.39, 0.29) is 0 Å². The molecule has 98 valence electrons. The average molecular weight is 253 g/mol. The Morgan fingerprint density at radius 1 is 1.18 bits per heavy atom. The van der Waals surface area contributed by atoms with Gasteiger partial charge in [-0.1, -0.05) is 39.5 Å². The van der Waals surface area contributed by atoms with Crippen LogP contribution < -0.4 is 5.32 Å². The Bertz CT molecular complexity index is 317. The van der Waals surface area contributed by atoms with Gasteiger partial charge in [-0.3, -0.25) is 0 Å². The fourth-order valence-corrected chi connectivity index (χ4v) is 3.37. The van der Waals surface area contributed by atoms with Gasteiger partial charge in [0.1, 0.15) is 0 Å². The van der Waals surface area contributed by atoms with Crippen LogP contribution >= 0.6 is 11.3 Å². The van der Waals surface area contributed by atoms with Crippen LogP contribution in [-0.4, -0.2) is 6.54 Å². The zero-order chi connectivity index (χ0) is 12.7. The molecule has 0 saturated heterocycles. The lowest BCUT2D eigenvalue weighted by Gasteiger charge is -2.18. The number of hydrogen-bond acceptors (Lipinski definition) is 2. The fourth-order valence-electron chi connectivity index (χ4n) is 2.39. The van der Waals surface area contributed by atoms with Crippen molar-refractivity contribution in [1.82, 2.24) is 5.32 Å². The Morgan fingerprint density at radius 2 is 1.94 bits per heavy atom. The van der Waals surface area contributed by atoms with Crippen molar-refractivity contribution in [3.8, 4) is 0 Å². The van der Waals surface area contributed by atoms with Crippen molar-refractivity contribution < 1.29 is 0 Å². The van der Waals surface area contributed by atoms with E-state index in [0.717, 1.165) is 6.54 Å². The van der Waals surface area contributed by atoms with Crippen LogP contribution in [0, 0.1) is 13.8 Å². The maximum Gasteiger partial charge on any atom is 0.0331 e. The minimum Gasteiger partial charge on any atom is -0.310 e. The van der Waals surface area contributed by atoms with Crippen LogP contribution in [0.2, 0.25) is 0 Å². The summed E-state index contributed by atoms with van der Waals surface area (Å²) in [5.41, 5.74) is 1.53. The molecule has 1 unspecified atom stereocenters. The first kappa shape index (κ1) is 14.7. The van der Waals surface area contributed by atoms with E-state index in [9.17, 15) is 0 Å². The highest BCUT2D eigenvalue weighted by atomic mass is 32.1. The summed E-state index contributed by atoms with van der Waals surface area (Å²) in [5.74, 6) is 0. The summed E-state index contributed by atoms with van der Waals surface area (Å²) in [7, 11) is 0. The maximum absolute atomic E-state index is 3.64.